The van der Waals surface area contributed by atoms with Crippen LogP contribution in [-0.4, -0.2) is 28.7 Å². The van der Waals surface area contributed by atoms with Crippen LogP contribution in [0.15, 0.2) is 0 Å². The van der Waals surface area contributed by atoms with Gasteiger partial charge in [0, 0.05) is 18.4 Å². The minimum absolute atomic E-state index is 0.167. The lowest BCUT2D eigenvalue weighted by Gasteiger charge is -2.31. The van der Waals surface area contributed by atoms with Crippen LogP contribution in [0.3, 0.4) is 0 Å². The average Bonchev–Trinajstić information content (AvgIpc) is 2.43. The van der Waals surface area contributed by atoms with Gasteiger partial charge in [0.25, 0.3) is 0 Å². The van der Waals surface area contributed by atoms with E-state index in [1.165, 1.54) is 25.7 Å². The molecule has 96 valence electrons. The molecule has 0 radical (unpaired) electrons. The first kappa shape index (κ1) is 12.6. The summed E-state index contributed by atoms with van der Waals surface area (Å²) in [4.78, 5) is 25.3. The summed E-state index contributed by atoms with van der Waals surface area (Å²) in [6.45, 7) is 4.30. The van der Waals surface area contributed by atoms with Gasteiger partial charge in [0.05, 0.1) is 6.54 Å². The first-order valence-corrected chi connectivity index (χ1v) is 6.81. The Bertz CT molecular complexity index is 318. The Morgan fingerprint density at radius 3 is 2.59 bits per heavy atom. The van der Waals surface area contributed by atoms with Gasteiger partial charge < -0.3 is 4.90 Å². The summed E-state index contributed by atoms with van der Waals surface area (Å²) in [5.74, 6) is 1.23. The van der Waals surface area contributed by atoms with Gasteiger partial charge in [-0.15, -0.1) is 0 Å². The van der Waals surface area contributed by atoms with Crippen molar-refractivity contribution in [3.05, 3.63) is 0 Å². The number of rotatable bonds is 4. The molecule has 0 aromatic rings. The summed E-state index contributed by atoms with van der Waals surface area (Å²) >= 11 is 0. The summed E-state index contributed by atoms with van der Waals surface area (Å²) in [5.41, 5.74) is -0.259. The van der Waals surface area contributed by atoms with Gasteiger partial charge in [-0.3, -0.25) is 9.59 Å². The second-order valence-corrected chi connectivity index (χ2v) is 6.20. The van der Waals surface area contributed by atoms with Crippen LogP contribution >= 0.6 is 0 Å². The van der Waals surface area contributed by atoms with Gasteiger partial charge in [0.1, 0.15) is 0 Å². The van der Waals surface area contributed by atoms with Gasteiger partial charge in [-0.1, -0.05) is 19.3 Å². The molecule has 0 bridgehead atoms. The SMILES string of the molecule is CC1(C)CC(=O)CN1C(=O)CCCC1CCC1. The first-order valence-electron chi connectivity index (χ1n) is 6.81. The number of amides is 1. The van der Waals surface area contributed by atoms with E-state index in [4.69, 9.17) is 0 Å². The van der Waals surface area contributed by atoms with E-state index in [0.29, 0.717) is 19.4 Å². The number of carbonyl (C=O) groups is 2. The van der Waals surface area contributed by atoms with E-state index in [2.05, 4.69) is 0 Å². The second-order valence-electron chi connectivity index (χ2n) is 6.20. The maximum atomic E-state index is 12.1. The largest absolute Gasteiger partial charge is 0.330 e. The van der Waals surface area contributed by atoms with Crippen LogP contribution in [0, 0.1) is 5.92 Å². The third-order valence-electron chi connectivity index (χ3n) is 4.22. The molecule has 1 saturated carbocycles. The quantitative estimate of drug-likeness (QED) is 0.753. The highest BCUT2D eigenvalue weighted by molar-refractivity contribution is 5.91. The highest BCUT2D eigenvalue weighted by atomic mass is 16.2. The van der Waals surface area contributed by atoms with Crippen molar-refractivity contribution in [3.63, 3.8) is 0 Å². The van der Waals surface area contributed by atoms with E-state index in [-0.39, 0.29) is 17.2 Å². The second kappa shape index (κ2) is 4.79. The van der Waals surface area contributed by atoms with Gasteiger partial charge in [0.15, 0.2) is 5.78 Å². The maximum absolute atomic E-state index is 12.1. The number of hydrogen-bond donors (Lipinski definition) is 0. The van der Waals surface area contributed by atoms with E-state index in [1.54, 1.807) is 4.90 Å². The minimum Gasteiger partial charge on any atom is -0.330 e. The molecular weight excluding hydrogens is 214 g/mol. The number of nitrogens with zero attached hydrogens (tertiary/aromatic N) is 1. The normalized spacial score (nSPS) is 23.9. The van der Waals surface area contributed by atoms with Crippen LogP contribution < -0.4 is 0 Å². The van der Waals surface area contributed by atoms with Crippen molar-refractivity contribution in [2.45, 2.75) is 64.3 Å². The number of hydrogen-bond acceptors (Lipinski definition) is 2. The molecule has 1 saturated heterocycles. The van der Waals surface area contributed by atoms with Crippen LogP contribution in [0.1, 0.15) is 58.8 Å². The van der Waals surface area contributed by atoms with Crippen molar-refractivity contribution in [2.24, 2.45) is 5.92 Å². The average molecular weight is 237 g/mol. The number of likely N-dealkylation sites (tertiary alicyclic amines) is 1. The third kappa shape index (κ3) is 2.88. The molecule has 2 rings (SSSR count). The molecule has 3 heteroatoms. The van der Waals surface area contributed by atoms with Crippen molar-refractivity contribution < 1.29 is 9.59 Å². The molecule has 0 aromatic carbocycles. The standard InChI is InChI=1S/C14H23NO2/c1-14(2)9-12(16)10-15(14)13(17)8-4-7-11-5-3-6-11/h11H,3-10H2,1-2H3. The van der Waals surface area contributed by atoms with Crippen LogP contribution in [0.5, 0.6) is 0 Å². The summed E-state index contributed by atoms with van der Waals surface area (Å²) in [5, 5.41) is 0. The predicted molar refractivity (Wildman–Crippen MR) is 66.6 cm³/mol. The van der Waals surface area contributed by atoms with Crippen molar-refractivity contribution >= 4 is 11.7 Å². The van der Waals surface area contributed by atoms with E-state index in [1.807, 2.05) is 13.8 Å². The predicted octanol–water partition coefficient (Wildman–Crippen LogP) is 2.54. The van der Waals surface area contributed by atoms with E-state index in [0.717, 1.165) is 12.3 Å². The molecule has 1 aliphatic heterocycles. The molecule has 0 spiro atoms. The summed E-state index contributed by atoms with van der Waals surface area (Å²) in [6, 6.07) is 0. The Balaban J connectivity index is 1.76. The topological polar surface area (TPSA) is 37.4 Å². The van der Waals surface area contributed by atoms with Gasteiger partial charge in [-0.2, -0.15) is 0 Å². The molecular formula is C14H23NO2. The molecule has 2 aliphatic rings. The molecule has 0 unspecified atom stereocenters. The van der Waals surface area contributed by atoms with Gasteiger partial charge in [-0.05, 0) is 32.6 Å². The monoisotopic (exact) mass is 237 g/mol. The van der Waals surface area contributed by atoms with Gasteiger partial charge in [-0.25, -0.2) is 0 Å². The lowest BCUT2D eigenvalue weighted by molar-refractivity contribution is -0.135. The van der Waals surface area contributed by atoms with E-state index in [9.17, 15) is 9.59 Å². The molecule has 1 heterocycles. The Labute approximate surface area is 104 Å². The van der Waals surface area contributed by atoms with E-state index >= 15 is 0 Å². The molecule has 17 heavy (non-hydrogen) atoms. The fourth-order valence-corrected chi connectivity index (χ4v) is 2.91. The molecule has 0 atom stereocenters. The summed E-state index contributed by atoms with van der Waals surface area (Å²) < 4.78 is 0. The highest BCUT2D eigenvalue weighted by Gasteiger charge is 2.39. The Kier molecular flexibility index (Phi) is 3.55. The zero-order valence-corrected chi connectivity index (χ0v) is 11.0. The smallest absolute Gasteiger partial charge is 0.223 e. The lowest BCUT2D eigenvalue weighted by Crippen LogP contribution is -2.42. The molecule has 0 N–H and O–H groups in total. The number of carbonyl (C=O) groups excluding carboxylic acids is 2. The fourth-order valence-electron chi connectivity index (χ4n) is 2.91. The van der Waals surface area contributed by atoms with Gasteiger partial charge in [0.2, 0.25) is 5.91 Å². The zero-order valence-electron chi connectivity index (χ0n) is 11.0. The van der Waals surface area contributed by atoms with Crippen LogP contribution in [-0.2, 0) is 9.59 Å². The van der Waals surface area contributed by atoms with Crippen LogP contribution in [0.25, 0.3) is 0 Å². The molecule has 1 amide bonds. The Morgan fingerprint density at radius 1 is 1.41 bits per heavy atom. The molecule has 2 fully saturated rings. The molecule has 0 aromatic heterocycles. The van der Waals surface area contributed by atoms with Crippen LogP contribution in [0.2, 0.25) is 0 Å². The highest BCUT2D eigenvalue weighted by Crippen LogP contribution is 2.32. The zero-order chi connectivity index (χ0) is 12.5. The third-order valence-corrected chi connectivity index (χ3v) is 4.22. The van der Waals surface area contributed by atoms with Crippen molar-refractivity contribution in [1.29, 1.82) is 0 Å². The first-order chi connectivity index (χ1) is 7.99. The molecule has 1 aliphatic carbocycles. The van der Waals surface area contributed by atoms with Gasteiger partial charge >= 0.3 is 0 Å². The number of ketones is 1. The van der Waals surface area contributed by atoms with Crippen molar-refractivity contribution in [1.82, 2.24) is 4.90 Å². The van der Waals surface area contributed by atoms with E-state index < -0.39 is 0 Å². The Morgan fingerprint density at radius 2 is 2.12 bits per heavy atom. The van der Waals surface area contributed by atoms with Crippen molar-refractivity contribution in [3.8, 4) is 0 Å². The van der Waals surface area contributed by atoms with Crippen molar-refractivity contribution in [2.75, 3.05) is 6.54 Å². The Hall–Kier alpha value is -0.860. The summed E-state index contributed by atoms with van der Waals surface area (Å²) in [7, 11) is 0. The lowest BCUT2D eigenvalue weighted by atomic mass is 9.82. The van der Waals surface area contributed by atoms with Crippen LogP contribution in [0.4, 0.5) is 0 Å². The number of Topliss-reactive ketones (excluding diaryl/α,β-unsaturated/α-hetero) is 1. The minimum atomic E-state index is -0.259. The summed E-state index contributed by atoms with van der Waals surface area (Å²) in [6.07, 6.45) is 7.38. The fraction of sp³-hybridized carbons (Fsp3) is 0.857. The maximum Gasteiger partial charge on any atom is 0.223 e. The molecule has 3 nitrogen and oxygen atoms in total.